The minimum Gasteiger partial charge on any atom is -0.391 e. The van der Waals surface area contributed by atoms with Gasteiger partial charge in [-0.05, 0) is 73.3 Å². The second-order valence-electron chi connectivity index (χ2n) is 7.73. The zero-order valence-corrected chi connectivity index (χ0v) is 17.3. The predicted molar refractivity (Wildman–Crippen MR) is 108 cm³/mol. The van der Waals surface area contributed by atoms with Crippen molar-refractivity contribution in [2.75, 3.05) is 5.32 Å². The molecule has 1 heterocycles. The number of urea groups is 1. The highest BCUT2D eigenvalue weighted by Gasteiger charge is 2.27. The van der Waals surface area contributed by atoms with Gasteiger partial charge in [0.25, 0.3) is 10.0 Å². The van der Waals surface area contributed by atoms with E-state index < -0.39 is 22.2 Å². The van der Waals surface area contributed by atoms with E-state index in [9.17, 15) is 18.3 Å². The lowest BCUT2D eigenvalue weighted by atomic mass is 9.99. The van der Waals surface area contributed by atoms with E-state index in [-0.39, 0.29) is 11.6 Å². The van der Waals surface area contributed by atoms with E-state index in [0.717, 1.165) is 55.3 Å². The molecule has 0 saturated carbocycles. The van der Waals surface area contributed by atoms with Gasteiger partial charge in [0, 0.05) is 11.9 Å². The van der Waals surface area contributed by atoms with Crippen LogP contribution in [-0.4, -0.2) is 35.4 Å². The number of sulfonamides is 1. The van der Waals surface area contributed by atoms with Crippen LogP contribution in [-0.2, 0) is 42.3 Å². The van der Waals surface area contributed by atoms with Crippen LogP contribution in [0.2, 0.25) is 0 Å². The number of hydrogen-bond donors (Lipinski definition) is 3. The van der Waals surface area contributed by atoms with Crippen LogP contribution in [0.1, 0.15) is 48.4 Å². The van der Waals surface area contributed by atoms with Crippen molar-refractivity contribution in [2.24, 2.45) is 0 Å². The number of nitrogens with zero attached hydrogens (tertiary/aromatic N) is 2. The molecule has 2 aliphatic carbocycles. The number of aliphatic hydroxyl groups is 1. The van der Waals surface area contributed by atoms with E-state index in [0.29, 0.717) is 6.42 Å². The normalized spacial score (nSPS) is 16.3. The Kier molecular flexibility index (Phi) is 5.35. The third-order valence-corrected chi connectivity index (χ3v) is 6.92. The van der Waals surface area contributed by atoms with E-state index in [1.54, 1.807) is 0 Å². The number of rotatable bonds is 6. The van der Waals surface area contributed by atoms with E-state index in [2.05, 4.69) is 21.2 Å². The summed E-state index contributed by atoms with van der Waals surface area (Å²) in [5, 5.41) is 16.2. The average molecular weight is 419 g/mol. The fourth-order valence-corrected chi connectivity index (χ4v) is 5.07. The number of amides is 2. The Labute approximate surface area is 170 Å². The molecule has 0 aliphatic heterocycles. The first-order valence-corrected chi connectivity index (χ1v) is 11.6. The van der Waals surface area contributed by atoms with Gasteiger partial charge in [-0.1, -0.05) is 13.0 Å². The van der Waals surface area contributed by atoms with Crippen molar-refractivity contribution in [3.63, 3.8) is 0 Å². The van der Waals surface area contributed by atoms with Crippen molar-refractivity contribution in [3.05, 3.63) is 40.6 Å². The summed E-state index contributed by atoms with van der Waals surface area (Å²) in [5.41, 5.74) is 5.58. The molecule has 0 spiro atoms. The van der Waals surface area contributed by atoms with Gasteiger partial charge in [-0.2, -0.15) is 13.5 Å². The van der Waals surface area contributed by atoms with Crippen molar-refractivity contribution >= 4 is 21.7 Å². The molecular weight excluding hydrogens is 392 g/mol. The largest absolute Gasteiger partial charge is 0.391 e. The van der Waals surface area contributed by atoms with Gasteiger partial charge < -0.3 is 10.4 Å². The number of aryl methyl sites for hydroxylation is 2. The lowest BCUT2D eigenvalue weighted by molar-refractivity contribution is 0.144. The van der Waals surface area contributed by atoms with Crippen molar-refractivity contribution in [1.82, 2.24) is 14.5 Å². The van der Waals surface area contributed by atoms with Crippen LogP contribution in [0.5, 0.6) is 0 Å². The monoisotopic (exact) mass is 418 g/mol. The molecular formula is C20H26N4O4S. The van der Waals surface area contributed by atoms with Crippen molar-refractivity contribution in [3.8, 4) is 0 Å². The van der Waals surface area contributed by atoms with Gasteiger partial charge in [0.05, 0.1) is 12.6 Å². The maximum absolute atomic E-state index is 12.6. The minimum absolute atomic E-state index is 0.195. The molecule has 1 atom stereocenters. The van der Waals surface area contributed by atoms with Gasteiger partial charge in [-0.3, -0.25) is 4.68 Å². The summed E-state index contributed by atoms with van der Waals surface area (Å²) in [7, 11) is -4.11. The van der Waals surface area contributed by atoms with Gasteiger partial charge in [-0.15, -0.1) is 0 Å². The molecule has 4 rings (SSSR count). The van der Waals surface area contributed by atoms with E-state index >= 15 is 0 Å². The third kappa shape index (κ3) is 4.02. The molecule has 0 bridgehead atoms. The SMILES string of the molecule is CC[C@H](O)Cn1ccc(S(=O)(=O)NC(=O)Nc2c3c(cc4c2CCC4)CCC3)n1. The topological polar surface area (TPSA) is 113 Å². The highest BCUT2D eigenvalue weighted by Crippen LogP contribution is 2.38. The first kappa shape index (κ1) is 19.9. The second-order valence-corrected chi connectivity index (χ2v) is 9.36. The first-order valence-electron chi connectivity index (χ1n) is 10.1. The molecule has 9 heteroatoms. The molecule has 2 aromatic rings. The van der Waals surface area contributed by atoms with Gasteiger partial charge in [-0.25, -0.2) is 9.52 Å². The summed E-state index contributed by atoms with van der Waals surface area (Å²) in [6, 6.07) is 2.79. The number of carbonyl (C=O) groups is 1. The minimum atomic E-state index is -4.11. The van der Waals surface area contributed by atoms with Crippen LogP contribution >= 0.6 is 0 Å². The van der Waals surface area contributed by atoms with Crippen LogP contribution in [0, 0.1) is 0 Å². The first-order chi connectivity index (χ1) is 13.9. The van der Waals surface area contributed by atoms with Crippen LogP contribution in [0.4, 0.5) is 10.5 Å². The molecule has 1 aromatic heterocycles. The molecule has 3 N–H and O–H groups in total. The van der Waals surface area contributed by atoms with Gasteiger partial charge in [0.2, 0.25) is 0 Å². The Bertz CT molecular complexity index is 1010. The average Bonchev–Trinajstić information content (AvgIpc) is 3.41. The van der Waals surface area contributed by atoms with Gasteiger partial charge in [0.15, 0.2) is 5.03 Å². The fraction of sp³-hybridized carbons (Fsp3) is 0.500. The van der Waals surface area contributed by atoms with Crippen molar-refractivity contribution in [2.45, 2.75) is 69.5 Å². The van der Waals surface area contributed by atoms with Gasteiger partial charge >= 0.3 is 6.03 Å². The summed E-state index contributed by atoms with van der Waals surface area (Å²) >= 11 is 0. The number of anilines is 1. The number of fused-ring (bicyclic) bond motifs is 2. The molecule has 1 aromatic carbocycles. The summed E-state index contributed by atoms with van der Waals surface area (Å²) in [5.74, 6) is 0. The van der Waals surface area contributed by atoms with E-state index in [1.165, 1.54) is 28.1 Å². The Morgan fingerprint density at radius 3 is 2.48 bits per heavy atom. The van der Waals surface area contributed by atoms with Gasteiger partial charge in [0.1, 0.15) is 0 Å². The number of nitrogens with one attached hydrogen (secondary N) is 2. The van der Waals surface area contributed by atoms with Crippen molar-refractivity contribution in [1.29, 1.82) is 0 Å². The highest BCUT2D eigenvalue weighted by molar-refractivity contribution is 7.90. The number of aromatic nitrogens is 2. The molecule has 0 saturated heterocycles. The number of aliphatic hydroxyl groups excluding tert-OH is 1. The fourth-order valence-electron chi connectivity index (χ4n) is 4.21. The Morgan fingerprint density at radius 1 is 1.21 bits per heavy atom. The number of hydrogen-bond acceptors (Lipinski definition) is 5. The maximum Gasteiger partial charge on any atom is 0.333 e. The van der Waals surface area contributed by atoms with E-state index in [1.807, 2.05) is 6.92 Å². The number of carbonyl (C=O) groups excluding carboxylic acids is 1. The molecule has 2 amide bonds. The molecule has 156 valence electrons. The number of benzene rings is 1. The van der Waals surface area contributed by atoms with Crippen molar-refractivity contribution < 1.29 is 18.3 Å². The smallest absolute Gasteiger partial charge is 0.333 e. The van der Waals surface area contributed by atoms with Crippen LogP contribution < -0.4 is 10.0 Å². The predicted octanol–water partition coefficient (Wildman–Crippen LogP) is 2.14. The van der Waals surface area contributed by atoms with Crippen LogP contribution in [0.15, 0.2) is 23.4 Å². The third-order valence-electron chi connectivity index (χ3n) is 5.70. The van der Waals surface area contributed by atoms with Crippen LogP contribution in [0.25, 0.3) is 0 Å². The standard InChI is InChI=1S/C20H26N4O4S/c1-2-15(25)12-24-10-9-18(22-24)29(27,28)23-20(26)21-19-16-7-3-5-13(16)11-14-6-4-8-17(14)19/h9-11,15,25H,2-8,12H2,1H3,(H2,21,23,26)/t15-/m0/s1. The molecule has 2 aliphatic rings. The quantitative estimate of drug-likeness (QED) is 0.665. The molecule has 8 nitrogen and oxygen atoms in total. The Hall–Kier alpha value is -2.39. The zero-order valence-electron chi connectivity index (χ0n) is 16.4. The lowest BCUT2D eigenvalue weighted by Crippen LogP contribution is -2.35. The summed E-state index contributed by atoms with van der Waals surface area (Å²) < 4.78 is 28.5. The molecule has 0 radical (unpaired) electrons. The summed E-state index contributed by atoms with van der Waals surface area (Å²) in [6.45, 7) is 2.02. The lowest BCUT2D eigenvalue weighted by Gasteiger charge is -2.16. The zero-order chi connectivity index (χ0) is 20.6. The molecule has 0 unspecified atom stereocenters. The highest BCUT2D eigenvalue weighted by atomic mass is 32.2. The Morgan fingerprint density at radius 2 is 1.86 bits per heavy atom. The Balaban J connectivity index is 1.51. The summed E-state index contributed by atoms with van der Waals surface area (Å²) in [6.07, 6.45) is 7.29. The molecule has 0 fully saturated rings. The van der Waals surface area contributed by atoms with E-state index in [4.69, 9.17) is 0 Å². The second kappa shape index (κ2) is 7.79. The van der Waals surface area contributed by atoms with Crippen LogP contribution in [0.3, 0.4) is 0 Å². The maximum atomic E-state index is 12.6. The summed E-state index contributed by atoms with van der Waals surface area (Å²) in [4.78, 5) is 12.6. The molecule has 29 heavy (non-hydrogen) atoms.